The van der Waals surface area contributed by atoms with E-state index in [1.165, 1.54) is 17.2 Å². The molecular weight excluding hydrogens is 210 g/mol. The monoisotopic (exact) mass is 223 g/mol. The third-order valence-electron chi connectivity index (χ3n) is 2.73. The quantitative estimate of drug-likeness (QED) is 0.725. The average Bonchev–Trinajstić information content (AvgIpc) is 2.77. The molecule has 0 aliphatic carbocycles. The summed E-state index contributed by atoms with van der Waals surface area (Å²) in [6.07, 6.45) is 0. The van der Waals surface area contributed by atoms with Gasteiger partial charge in [0, 0.05) is 36.3 Å². The first-order valence-electron chi connectivity index (χ1n) is 5.16. The summed E-state index contributed by atoms with van der Waals surface area (Å²) in [6, 6.07) is 6.20. The highest BCUT2D eigenvalue weighted by atomic mass is 32.2. The van der Waals surface area contributed by atoms with Crippen LogP contribution in [-0.2, 0) is 0 Å². The molecule has 1 fully saturated rings. The number of anilines is 1. The molecule has 0 spiro atoms. The van der Waals surface area contributed by atoms with E-state index in [1.54, 1.807) is 0 Å². The summed E-state index contributed by atoms with van der Waals surface area (Å²) in [5, 5.41) is 0. The SMILES string of the molecule is c1cc2c(cc1N1CCSCC1)OCO2. The van der Waals surface area contributed by atoms with Gasteiger partial charge in [-0.25, -0.2) is 0 Å². The van der Waals surface area contributed by atoms with E-state index in [4.69, 9.17) is 9.47 Å². The molecule has 1 aromatic carbocycles. The molecule has 80 valence electrons. The molecule has 0 saturated carbocycles. The number of fused-ring (bicyclic) bond motifs is 1. The molecule has 0 unspecified atom stereocenters. The molecule has 1 saturated heterocycles. The van der Waals surface area contributed by atoms with Gasteiger partial charge in [-0.05, 0) is 12.1 Å². The number of nitrogens with zero attached hydrogens (tertiary/aromatic N) is 1. The molecule has 2 heterocycles. The van der Waals surface area contributed by atoms with Crippen LogP contribution in [0.2, 0.25) is 0 Å². The first kappa shape index (κ1) is 9.21. The maximum Gasteiger partial charge on any atom is 0.231 e. The summed E-state index contributed by atoms with van der Waals surface area (Å²) in [7, 11) is 0. The van der Waals surface area contributed by atoms with Gasteiger partial charge in [-0.2, -0.15) is 11.8 Å². The molecule has 0 aromatic heterocycles. The van der Waals surface area contributed by atoms with Gasteiger partial charge in [0.05, 0.1) is 0 Å². The minimum Gasteiger partial charge on any atom is -0.454 e. The van der Waals surface area contributed by atoms with Gasteiger partial charge in [0.15, 0.2) is 11.5 Å². The van der Waals surface area contributed by atoms with Gasteiger partial charge in [-0.1, -0.05) is 0 Å². The molecule has 0 bridgehead atoms. The van der Waals surface area contributed by atoms with Crippen LogP contribution in [0.15, 0.2) is 18.2 Å². The fourth-order valence-corrected chi connectivity index (χ4v) is 2.81. The van der Waals surface area contributed by atoms with Gasteiger partial charge in [0.25, 0.3) is 0 Å². The highest BCUT2D eigenvalue weighted by Gasteiger charge is 2.17. The number of thioether (sulfide) groups is 1. The number of benzene rings is 1. The molecule has 15 heavy (non-hydrogen) atoms. The van der Waals surface area contributed by atoms with Crippen LogP contribution in [0, 0.1) is 0 Å². The van der Waals surface area contributed by atoms with E-state index in [0.717, 1.165) is 24.6 Å². The zero-order chi connectivity index (χ0) is 10.1. The van der Waals surface area contributed by atoms with Crippen molar-refractivity contribution in [3.05, 3.63) is 18.2 Å². The third kappa shape index (κ3) is 1.74. The molecule has 0 radical (unpaired) electrons. The molecule has 2 aliphatic rings. The van der Waals surface area contributed by atoms with E-state index in [0.29, 0.717) is 6.79 Å². The zero-order valence-electron chi connectivity index (χ0n) is 8.44. The van der Waals surface area contributed by atoms with Crippen molar-refractivity contribution in [2.45, 2.75) is 0 Å². The normalized spacial score (nSPS) is 19.3. The van der Waals surface area contributed by atoms with Crippen LogP contribution in [0.1, 0.15) is 0 Å². The van der Waals surface area contributed by atoms with Crippen molar-refractivity contribution in [3.8, 4) is 11.5 Å². The lowest BCUT2D eigenvalue weighted by atomic mass is 10.2. The first-order chi connectivity index (χ1) is 7.43. The Bertz CT molecular complexity index is 364. The largest absolute Gasteiger partial charge is 0.454 e. The third-order valence-corrected chi connectivity index (χ3v) is 3.67. The van der Waals surface area contributed by atoms with Crippen LogP contribution in [0.3, 0.4) is 0 Å². The number of hydrogen-bond donors (Lipinski definition) is 0. The predicted octanol–water partition coefficient (Wildman–Crippen LogP) is 1.97. The highest BCUT2D eigenvalue weighted by molar-refractivity contribution is 7.99. The van der Waals surface area contributed by atoms with Crippen LogP contribution in [0.4, 0.5) is 5.69 Å². The Labute approximate surface area is 93.4 Å². The molecular formula is C11H13NO2S. The van der Waals surface area contributed by atoms with Gasteiger partial charge in [0.2, 0.25) is 6.79 Å². The van der Waals surface area contributed by atoms with Crippen molar-refractivity contribution < 1.29 is 9.47 Å². The van der Waals surface area contributed by atoms with Crippen LogP contribution in [0.25, 0.3) is 0 Å². The van der Waals surface area contributed by atoms with Crippen LogP contribution >= 0.6 is 11.8 Å². The second-order valence-electron chi connectivity index (χ2n) is 3.64. The molecule has 3 nitrogen and oxygen atoms in total. The van der Waals surface area contributed by atoms with Gasteiger partial charge in [-0.3, -0.25) is 0 Å². The summed E-state index contributed by atoms with van der Waals surface area (Å²) in [5.74, 6) is 4.18. The van der Waals surface area contributed by atoms with Crippen molar-refractivity contribution in [1.29, 1.82) is 0 Å². The molecule has 1 aromatic rings. The summed E-state index contributed by atoms with van der Waals surface area (Å²) in [5.41, 5.74) is 1.25. The fourth-order valence-electron chi connectivity index (χ4n) is 1.90. The predicted molar refractivity (Wildman–Crippen MR) is 62.1 cm³/mol. The maximum absolute atomic E-state index is 5.38. The van der Waals surface area contributed by atoms with Crippen LogP contribution in [-0.4, -0.2) is 31.4 Å². The second-order valence-corrected chi connectivity index (χ2v) is 4.86. The molecule has 0 atom stereocenters. The van der Waals surface area contributed by atoms with E-state index in [2.05, 4.69) is 17.0 Å². The van der Waals surface area contributed by atoms with Crippen molar-refractivity contribution in [3.63, 3.8) is 0 Å². The Morgan fingerprint density at radius 2 is 1.87 bits per heavy atom. The number of rotatable bonds is 1. The van der Waals surface area contributed by atoms with E-state index in [9.17, 15) is 0 Å². The zero-order valence-corrected chi connectivity index (χ0v) is 9.26. The Morgan fingerprint density at radius 3 is 2.73 bits per heavy atom. The summed E-state index contributed by atoms with van der Waals surface area (Å²) < 4.78 is 10.7. The van der Waals surface area contributed by atoms with Gasteiger partial charge in [-0.15, -0.1) is 0 Å². The molecule has 4 heteroatoms. The number of hydrogen-bond acceptors (Lipinski definition) is 4. The maximum atomic E-state index is 5.38. The van der Waals surface area contributed by atoms with Gasteiger partial charge >= 0.3 is 0 Å². The lowest BCUT2D eigenvalue weighted by Crippen LogP contribution is -2.32. The average molecular weight is 223 g/mol. The Hall–Kier alpha value is -1.03. The minimum absolute atomic E-state index is 0.356. The van der Waals surface area contributed by atoms with Gasteiger partial charge < -0.3 is 14.4 Å². The summed E-state index contributed by atoms with van der Waals surface area (Å²) >= 11 is 2.02. The smallest absolute Gasteiger partial charge is 0.231 e. The summed E-state index contributed by atoms with van der Waals surface area (Å²) in [6.45, 7) is 2.61. The summed E-state index contributed by atoms with van der Waals surface area (Å²) in [4.78, 5) is 2.40. The Morgan fingerprint density at radius 1 is 1.07 bits per heavy atom. The van der Waals surface area contributed by atoms with Crippen molar-refractivity contribution in [1.82, 2.24) is 0 Å². The molecule has 0 N–H and O–H groups in total. The standard InChI is InChI=1S/C11H13NO2S/c1-2-10-11(14-8-13-10)7-9(1)12-3-5-15-6-4-12/h1-2,7H,3-6,8H2. The molecule has 0 amide bonds. The van der Waals surface area contributed by atoms with E-state index < -0.39 is 0 Å². The fraction of sp³-hybridized carbons (Fsp3) is 0.455. The minimum atomic E-state index is 0.356. The highest BCUT2D eigenvalue weighted by Crippen LogP contribution is 2.35. The van der Waals surface area contributed by atoms with E-state index in [-0.39, 0.29) is 0 Å². The van der Waals surface area contributed by atoms with Crippen molar-refractivity contribution >= 4 is 17.4 Å². The van der Waals surface area contributed by atoms with Crippen molar-refractivity contribution in [2.24, 2.45) is 0 Å². The molecule has 3 rings (SSSR count). The van der Waals surface area contributed by atoms with E-state index in [1.807, 2.05) is 17.8 Å². The molecule has 2 aliphatic heterocycles. The van der Waals surface area contributed by atoms with Crippen LogP contribution < -0.4 is 14.4 Å². The lowest BCUT2D eigenvalue weighted by Gasteiger charge is -2.28. The van der Waals surface area contributed by atoms with Gasteiger partial charge in [0.1, 0.15) is 0 Å². The first-order valence-corrected chi connectivity index (χ1v) is 6.31. The number of ether oxygens (including phenoxy) is 2. The second kappa shape index (κ2) is 3.85. The van der Waals surface area contributed by atoms with Crippen LogP contribution in [0.5, 0.6) is 11.5 Å². The Balaban J connectivity index is 1.85. The van der Waals surface area contributed by atoms with E-state index >= 15 is 0 Å². The topological polar surface area (TPSA) is 21.7 Å². The van der Waals surface area contributed by atoms with Crippen molar-refractivity contribution in [2.75, 3.05) is 36.3 Å². The lowest BCUT2D eigenvalue weighted by molar-refractivity contribution is 0.174. The Kier molecular flexibility index (Phi) is 2.37.